The number of carboxylic acids is 1. The molecular weight excluding hydrogens is 346 g/mol. The Bertz CT molecular complexity index is 749. The molecule has 0 aliphatic carbocycles. The second-order valence-corrected chi connectivity index (χ2v) is 8.88. The first-order valence-corrected chi connectivity index (χ1v) is 9.69. The molecule has 8 heteroatoms. The van der Waals surface area contributed by atoms with Crippen LogP contribution < -0.4 is 5.32 Å². The highest BCUT2D eigenvalue weighted by molar-refractivity contribution is 7.90. The number of hydrogen-bond donors (Lipinski definition) is 2. The lowest BCUT2D eigenvalue weighted by Gasteiger charge is -2.21. The number of hydrogen-bond acceptors (Lipinski definition) is 5. The van der Waals surface area contributed by atoms with Gasteiger partial charge in [-0.1, -0.05) is 6.07 Å². The van der Waals surface area contributed by atoms with E-state index in [0.29, 0.717) is 5.56 Å². The molecule has 1 rings (SSSR count). The van der Waals surface area contributed by atoms with Gasteiger partial charge in [-0.3, -0.25) is 4.79 Å². The van der Waals surface area contributed by atoms with Gasteiger partial charge in [0.2, 0.25) is 0 Å². The highest BCUT2D eigenvalue weighted by Gasteiger charge is 2.23. The quantitative estimate of drug-likeness (QED) is 0.756. The van der Waals surface area contributed by atoms with E-state index in [2.05, 4.69) is 5.32 Å². The van der Waals surface area contributed by atoms with Crippen LogP contribution in [0.4, 0.5) is 0 Å². The number of aryl methyl sites for hydroxylation is 1. The largest absolute Gasteiger partial charge is 0.480 e. The van der Waals surface area contributed by atoms with Crippen LogP contribution in [0.25, 0.3) is 0 Å². The predicted octanol–water partition coefficient (Wildman–Crippen LogP) is 1.79. The van der Waals surface area contributed by atoms with Crippen LogP contribution in [-0.4, -0.2) is 49.9 Å². The molecule has 0 aliphatic rings. The first kappa shape index (κ1) is 21.1. The zero-order chi connectivity index (χ0) is 19.4. The van der Waals surface area contributed by atoms with E-state index in [9.17, 15) is 23.1 Å². The summed E-state index contributed by atoms with van der Waals surface area (Å²) in [6.45, 7) is 7.37. The van der Waals surface area contributed by atoms with Gasteiger partial charge in [-0.2, -0.15) is 0 Å². The van der Waals surface area contributed by atoms with E-state index in [1.807, 2.05) is 20.8 Å². The molecule has 0 saturated heterocycles. The van der Waals surface area contributed by atoms with Crippen LogP contribution >= 0.6 is 0 Å². The number of carbonyl (C=O) groups is 2. The SMILES string of the molecule is Cc1ccc(S(C)(=O)=O)cc1C(=O)NC(CCOC(C)(C)C)C(=O)O. The van der Waals surface area contributed by atoms with Gasteiger partial charge in [0.25, 0.3) is 5.91 Å². The Hall–Kier alpha value is -1.93. The molecule has 1 aromatic carbocycles. The summed E-state index contributed by atoms with van der Waals surface area (Å²) in [6, 6.07) is 3.05. The van der Waals surface area contributed by atoms with E-state index in [1.165, 1.54) is 18.2 Å². The molecule has 0 radical (unpaired) electrons. The van der Waals surface area contributed by atoms with E-state index in [0.717, 1.165) is 6.26 Å². The van der Waals surface area contributed by atoms with E-state index >= 15 is 0 Å². The second kappa shape index (κ2) is 7.97. The Morgan fingerprint density at radius 2 is 1.88 bits per heavy atom. The number of aliphatic carboxylic acids is 1. The van der Waals surface area contributed by atoms with Gasteiger partial charge in [0.05, 0.1) is 10.5 Å². The molecule has 2 N–H and O–H groups in total. The standard InChI is InChI=1S/C17H25NO6S/c1-11-6-7-12(25(5,22)23)10-13(11)15(19)18-14(16(20)21)8-9-24-17(2,3)4/h6-7,10,14H,8-9H2,1-5H3,(H,18,19)(H,20,21). The van der Waals surface area contributed by atoms with Crippen molar-refractivity contribution in [1.29, 1.82) is 0 Å². The number of carboxylic acid groups (broad SMARTS) is 1. The fourth-order valence-electron chi connectivity index (χ4n) is 2.05. The van der Waals surface area contributed by atoms with Gasteiger partial charge >= 0.3 is 5.97 Å². The predicted molar refractivity (Wildman–Crippen MR) is 93.5 cm³/mol. The molecule has 0 spiro atoms. The first-order valence-electron chi connectivity index (χ1n) is 7.79. The third-order valence-electron chi connectivity index (χ3n) is 3.43. The van der Waals surface area contributed by atoms with Crippen molar-refractivity contribution in [3.05, 3.63) is 29.3 Å². The van der Waals surface area contributed by atoms with Gasteiger partial charge in [-0.05, 0) is 45.4 Å². The fourth-order valence-corrected chi connectivity index (χ4v) is 2.70. The smallest absolute Gasteiger partial charge is 0.326 e. The summed E-state index contributed by atoms with van der Waals surface area (Å²) >= 11 is 0. The molecule has 1 unspecified atom stereocenters. The first-order chi connectivity index (χ1) is 11.3. The Labute approximate surface area is 148 Å². The van der Waals surface area contributed by atoms with Crippen LogP contribution in [0, 0.1) is 6.92 Å². The Kier molecular flexibility index (Phi) is 6.73. The molecule has 0 heterocycles. The third-order valence-corrected chi connectivity index (χ3v) is 4.54. The number of ether oxygens (including phenoxy) is 1. The molecule has 1 aromatic rings. The summed E-state index contributed by atoms with van der Waals surface area (Å²) in [5, 5.41) is 11.7. The minimum absolute atomic E-state index is 0.00573. The maximum absolute atomic E-state index is 12.4. The lowest BCUT2D eigenvalue weighted by Crippen LogP contribution is -2.42. The van der Waals surface area contributed by atoms with Crippen LogP contribution in [0.3, 0.4) is 0 Å². The van der Waals surface area contributed by atoms with Gasteiger partial charge in [0, 0.05) is 24.8 Å². The highest BCUT2D eigenvalue weighted by Crippen LogP contribution is 2.16. The topological polar surface area (TPSA) is 110 Å². The summed E-state index contributed by atoms with van der Waals surface area (Å²) < 4.78 is 28.8. The normalized spacial score (nSPS) is 13.3. The van der Waals surface area contributed by atoms with Crippen molar-refractivity contribution < 1.29 is 27.9 Å². The van der Waals surface area contributed by atoms with Crippen molar-refractivity contribution in [2.75, 3.05) is 12.9 Å². The second-order valence-electron chi connectivity index (χ2n) is 6.86. The van der Waals surface area contributed by atoms with Crippen LogP contribution in [0.15, 0.2) is 23.1 Å². The van der Waals surface area contributed by atoms with E-state index in [1.54, 1.807) is 6.92 Å². The van der Waals surface area contributed by atoms with Gasteiger partial charge < -0.3 is 15.2 Å². The molecule has 1 amide bonds. The molecule has 0 fully saturated rings. The fraction of sp³-hybridized carbons (Fsp3) is 0.529. The zero-order valence-electron chi connectivity index (χ0n) is 15.1. The number of rotatable bonds is 7. The lowest BCUT2D eigenvalue weighted by atomic mass is 10.1. The molecule has 0 aromatic heterocycles. The average molecular weight is 371 g/mol. The Morgan fingerprint density at radius 1 is 1.28 bits per heavy atom. The number of nitrogens with one attached hydrogen (secondary N) is 1. The molecular formula is C17H25NO6S. The molecule has 0 saturated carbocycles. The maximum atomic E-state index is 12.4. The molecule has 7 nitrogen and oxygen atoms in total. The highest BCUT2D eigenvalue weighted by atomic mass is 32.2. The summed E-state index contributed by atoms with van der Waals surface area (Å²) in [4.78, 5) is 23.8. The molecule has 140 valence electrons. The average Bonchev–Trinajstić information content (AvgIpc) is 2.43. The lowest BCUT2D eigenvalue weighted by molar-refractivity contribution is -0.140. The molecule has 25 heavy (non-hydrogen) atoms. The van der Waals surface area contributed by atoms with Crippen LogP contribution in [0.2, 0.25) is 0 Å². The Morgan fingerprint density at radius 3 is 2.36 bits per heavy atom. The van der Waals surface area contributed by atoms with Crippen LogP contribution in [-0.2, 0) is 19.4 Å². The van der Waals surface area contributed by atoms with E-state index < -0.39 is 33.4 Å². The number of sulfone groups is 1. The number of carbonyl (C=O) groups excluding carboxylic acids is 1. The maximum Gasteiger partial charge on any atom is 0.326 e. The number of amides is 1. The summed E-state index contributed by atoms with van der Waals surface area (Å²) in [7, 11) is -3.47. The third kappa shape index (κ3) is 6.83. The Balaban J connectivity index is 2.92. The van der Waals surface area contributed by atoms with Crippen molar-refractivity contribution in [1.82, 2.24) is 5.32 Å². The van der Waals surface area contributed by atoms with Crippen molar-refractivity contribution >= 4 is 21.7 Å². The van der Waals surface area contributed by atoms with E-state index in [-0.39, 0.29) is 23.5 Å². The molecule has 0 aliphatic heterocycles. The van der Waals surface area contributed by atoms with Gasteiger partial charge in [0.1, 0.15) is 6.04 Å². The van der Waals surface area contributed by atoms with Gasteiger partial charge in [-0.25, -0.2) is 13.2 Å². The van der Waals surface area contributed by atoms with Crippen molar-refractivity contribution in [2.45, 2.75) is 50.7 Å². The van der Waals surface area contributed by atoms with E-state index in [4.69, 9.17) is 4.74 Å². The monoisotopic (exact) mass is 371 g/mol. The summed E-state index contributed by atoms with van der Waals surface area (Å²) in [5.41, 5.74) is 0.277. The summed E-state index contributed by atoms with van der Waals surface area (Å²) in [6.07, 6.45) is 1.15. The van der Waals surface area contributed by atoms with Crippen molar-refractivity contribution in [2.24, 2.45) is 0 Å². The summed E-state index contributed by atoms with van der Waals surface area (Å²) in [5.74, 6) is -1.81. The van der Waals surface area contributed by atoms with Crippen molar-refractivity contribution in [3.8, 4) is 0 Å². The minimum Gasteiger partial charge on any atom is -0.480 e. The van der Waals surface area contributed by atoms with Crippen LogP contribution in [0.5, 0.6) is 0 Å². The number of benzene rings is 1. The minimum atomic E-state index is -3.47. The van der Waals surface area contributed by atoms with Crippen molar-refractivity contribution in [3.63, 3.8) is 0 Å². The van der Waals surface area contributed by atoms with Gasteiger partial charge in [-0.15, -0.1) is 0 Å². The zero-order valence-corrected chi connectivity index (χ0v) is 15.9. The van der Waals surface area contributed by atoms with Gasteiger partial charge in [0.15, 0.2) is 9.84 Å². The molecule has 0 bridgehead atoms. The molecule has 1 atom stereocenters. The van der Waals surface area contributed by atoms with Crippen LogP contribution in [0.1, 0.15) is 43.1 Å².